The highest BCUT2D eigenvalue weighted by Gasteiger charge is 2.27. The molecule has 0 saturated carbocycles. The molecule has 2 aliphatic heterocycles. The fraction of sp³-hybridized carbons (Fsp3) is 0.304. The van der Waals surface area contributed by atoms with Gasteiger partial charge in [-0.25, -0.2) is 0 Å². The molecule has 2 aromatic rings. The molecule has 29 heavy (non-hydrogen) atoms. The zero-order chi connectivity index (χ0) is 20.2. The average Bonchev–Trinajstić information content (AvgIpc) is 3.20. The lowest BCUT2D eigenvalue weighted by molar-refractivity contribution is -0.130. The molecule has 0 aliphatic carbocycles. The fourth-order valence-corrected chi connectivity index (χ4v) is 3.63. The molecule has 1 saturated heterocycles. The zero-order valence-electron chi connectivity index (χ0n) is 16.4. The van der Waals surface area contributed by atoms with Crippen LogP contribution in [0.15, 0.2) is 48.5 Å². The number of carbonyl (C=O) groups excluding carboxylic acids is 2. The van der Waals surface area contributed by atoms with Gasteiger partial charge in [-0.2, -0.15) is 0 Å². The maximum absolute atomic E-state index is 12.6. The average molecular weight is 392 g/mol. The predicted octanol–water partition coefficient (Wildman–Crippen LogP) is 3.61. The van der Waals surface area contributed by atoms with Crippen LogP contribution in [0.25, 0.3) is 6.08 Å². The number of nitrogens with zero attached hydrogens (tertiary/aromatic N) is 1. The third-order valence-corrected chi connectivity index (χ3v) is 5.28. The molecule has 1 fully saturated rings. The van der Waals surface area contributed by atoms with E-state index in [-0.39, 0.29) is 24.5 Å². The second-order valence-electron chi connectivity index (χ2n) is 7.40. The Labute approximate surface area is 170 Å². The van der Waals surface area contributed by atoms with E-state index in [4.69, 9.17) is 9.47 Å². The summed E-state index contributed by atoms with van der Waals surface area (Å²) in [4.78, 5) is 26.8. The van der Waals surface area contributed by atoms with Crippen LogP contribution < -0.4 is 14.8 Å². The van der Waals surface area contributed by atoms with Crippen molar-refractivity contribution < 1.29 is 19.1 Å². The normalized spacial score (nSPS) is 16.2. The van der Waals surface area contributed by atoms with Gasteiger partial charge >= 0.3 is 0 Å². The Kier molecular flexibility index (Phi) is 5.51. The van der Waals surface area contributed by atoms with Crippen LogP contribution in [0.5, 0.6) is 11.5 Å². The molecular weight excluding hydrogens is 368 g/mol. The number of amides is 2. The van der Waals surface area contributed by atoms with E-state index in [0.29, 0.717) is 43.1 Å². The fourth-order valence-electron chi connectivity index (χ4n) is 3.63. The largest absolute Gasteiger partial charge is 0.454 e. The Morgan fingerprint density at radius 1 is 1.07 bits per heavy atom. The summed E-state index contributed by atoms with van der Waals surface area (Å²) >= 11 is 0. The highest BCUT2D eigenvalue weighted by atomic mass is 16.7. The number of hydrogen-bond donors (Lipinski definition) is 1. The first-order chi connectivity index (χ1) is 14.1. The van der Waals surface area contributed by atoms with Crippen molar-refractivity contribution in [3.63, 3.8) is 0 Å². The third-order valence-electron chi connectivity index (χ3n) is 5.28. The molecular formula is C23H24N2O4. The van der Waals surface area contributed by atoms with Gasteiger partial charge in [-0.05, 0) is 43.5 Å². The summed E-state index contributed by atoms with van der Waals surface area (Å²) in [7, 11) is 0. The van der Waals surface area contributed by atoms with Crippen molar-refractivity contribution in [3.8, 4) is 11.5 Å². The first-order valence-electron chi connectivity index (χ1n) is 9.83. The van der Waals surface area contributed by atoms with Gasteiger partial charge in [0.1, 0.15) is 0 Å². The number of carbonyl (C=O) groups is 2. The molecule has 0 bridgehead atoms. The Morgan fingerprint density at radius 2 is 1.86 bits per heavy atom. The minimum Gasteiger partial charge on any atom is -0.454 e. The minimum absolute atomic E-state index is 0.0128. The Hall–Kier alpha value is -3.28. The lowest BCUT2D eigenvalue weighted by atomic mass is 9.95. The van der Waals surface area contributed by atoms with Crippen LogP contribution in [0.4, 0.5) is 5.69 Å². The van der Waals surface area contributed by atoms with Gasteiger partial charge in [0.15, 0.2) is 11.5 Å². The maximum atomic E-state index is 12.6. The van der Waals surface area contributed by atoms with Gasteiger partial charge in [-0.3, -0.25) is 9.59 Å². The van der Waals surface area contributed by atoms with E-state index in [9.17, 15) is 9.59 Å². The molecule has 0 aromatic heterocycles. The van der Waals surface area contributed by atoms with Crippen LogP contribution in [0, 0.1) is 12.8 Å². The molecule has 2 aromatic carbocycles. The number of hydrogen-bond acceptors (Lipinski definition) is 4. The second kappa shape index (κ2) is 8.39. The summed E-state index contributed by atoms with van der Waals surface area (Å²) < 4.78 is 10.6. The summed E-state index contributed by atoms with van der Waals surface area (Å²) in [5.41, 5.74) is 2.86. The summed E-state index contributed by atoms with van der Waals surface area (Å²) in [6.45, 7) is 3.39. The highest BCUT2D eigenvalue weighted by Crippen LogP contribution is 2.34. The summed E-state index contributed by atoms with van der Waals surface area (Å²) in [5, 5.41) is 2.95. The minimum atomic E-state index is -0.106. The predicted molar refractivity (Wildman–Crippen MR) is 111 cm³/mol. The summed E-state index contributed by atoms with van der Waals surface area (Å²) in [6, 6.07) is 13.4. The van der Waals surface area contributed by atoms with E-state index in [2.05, 4.69) is 5.32 Å². The Morgan fingerprint density at radius 3 is 2.66 bits per heavy atom. The van der Waals surface area contributed by atoms with Crippen LogP contribution in [0.1, 0.15) is 24.0 Å². The van der Waals surface area contributed by atoms with Crippen LogP contribution in [0.2, 0.25) is 0 Å². The number of nitrogens with one attached hydrogen (secondary N) is 1. The van der Waals surface area contributed by atoms with Crippen LogP contribution >= 0.6 is 0 Å². The smallest absolute Gasteiger partial charge is 0.246 e. The number of rotatable bonds is 4. The van der Waals surface area contributed by atoms with Gasteiger partial charge in [-0.1, -0.05) is 29.8 Å². The van der Waals surface area contributed by atoms with Gasteiger partial charge in [-0.15, -0.1) is 0 Å². The summed E-state index contributed by atoms with van der Waals surface area (Å²) in [6.07, 6.45) is 4.76. The number of benzene rings is 2. The molecule has 2 amide bonds. The molecule has 6 heteroatoms. The number of likely N-dealkylation sites (tertiary alicyclic amines) is 1. The van der Waals surface area contributed by atoms with Crippen LogP contribution in [0.3, 0.4) is 0 Å². The molecule has 6 nitrogen and oxygen atoms in total. The van der Waals surface area contributed by atoms with E-state index < -0.39 is 0 Å². The topological polar surface area (TPSA) is 67.9 Å². The van der Waals surface area contributed by atoms with Gasteiger partial charge in [0.25, 0.3) is 0 Å². The SMILES string of the molecule is Cc1cccc(/C=C/C(=O)N2CCC(C(=O)Nc3ccc4c(c3)OCO4)CC2)c1. The lowest BCUT2D eigenvalue weighted by Crippen LogP contribution is -2.40. The Balaban J connectivity index is 1.28. The van der Waals surface area contributed by atoms with Crippen molar-refractivity contribution in [2.75, 3.05) is 25.2 Å². The molecule has 1 N–H and O–H groups in total. The standard InChI is InChI=1S/C23H24N2O4/c1-16-3-2-4-17(13-16)5-8-22(26)25-11-9-18(10-12-25)23(27)24-19-6-7-20-21(14-19)29-15-28-20/h2-8,13-14,18H,9-12,15H2,1H3,(H,24,27)/b8-5+. The van der Waals surface area contributed by atoms with Crippen molar-refractivity contribution >= 4 is 23.6 Å². The van der Waals surface area contributed by atoms with E-state index >= 15 is 0 Å². The lowest BCUT2D eigenvalue weighted by Gasteiger charge is -2.30. The molecule has 2 aliphatic rings. The first-order valence-corrected chi connectivity index (χ1v) is 9.83. The van der Waals surface area contributed by atoms with Crippen LogP contribution in [-0.4, -0.2) is 36.6 Å². The van der Waals surface area contributed by atoms with Crippen molar-refractivity contribution in [2.45, 2.75) is 19.8 Å². The first kappa shape index (κ1) is 19.1. The number of aryl methyl sites for hydroxylation is 1. The van der Waals surface area contributed by atoms with Crippen molar-refractivity contribution in [3.05, 3.63) is 59.7 Å². The molecule has 0 atom stereocenters. The molecule has 150 valence electrons. The monoisotopic (exact) mass is 392 g/mol. The van der Waals surface area contributed by atoms with E-state index in [1.54, 1.807) is 29.2 Å². The molecule has 0 radical (unpaired) electrons. The van der Waals surface area contributed by atoms with Crippen molar-refractivity contribution in [2.24, 2.45) is 5.92 Å². The number of piperidine rings is 1. The Bertz CT molecular complexity index is 946. The third kappa shape index (κ3) is 4.59. The van der Waals surface area contributed by atoms with Gasteiger partial charge in [0.05, 0.1) is 0 Å². The number of fused-ring (bicyclic) bond motifs is 1. The van der Waals surface area contributed by atoms with E-state index in [0.717, 1.165) is 11.1 Å². The quantitative estimate of drug-likeness (QED) is 0.807. The van der Waals surface area contributed by atoms with Gasteiger partial charge < -0.3 is 19.7 Å². The second-order valence-corrected chi connectivity index (χ2v) is 7.40. The van der Waals surface area contributed by atoms with Crippen molar-refractivity contribution in [1.82, 2.24) is 4.90 Å². The number of ether oxygens (including phenoxy) is 2. The van der Waals surface area contributed by atoms with E-state index in [1.165, 1.54) is 0 Å². The molecule has 0 unspecified atom stereocenters. The summed E-state index contributed by atoms with van der Waals surface area (Å²) in [5.74, 6) is 1.19. The maximum Gasteiger partial charge on any atom is 0.246 e. The molecule has 2 heterocycles. The van der Waals surface area contributed by atoms with Gasteiger partial charge in [0, 0.05) is 36.8 Å². The number of anilines is 1. The van der Waals surface area contributed by atoms with Gasteiger partial charge in [0.2, 0.25) is 18.6 Å². The molecule has 4 rings (SSSR count). The van der Waals surface area contributed by atoms with Crippen LogP contribution in [-0.2, 0) is 9.59 Å². The highest BCUT2D eigenvalue weighted by molar-refractivity contribution is 5.94. The molecule has 0 spiro atoms. The van der Waals surface area contributed by atoms with Crippen molar-refractivity contribution in [1.29, 1.82) is 0 Å². The zero-order valence-corrected chi connectivity index (χ0v) is 16.4. The van der Waals surface area contributed by atoms with E-state index in [1.807, 2.05) is 37.3 Å².